The second-order valence-electron chi connectivity index (χ2n) is 5.29. The van der Waals surface area contributed by atoms with Crippen LogP contribution in [0.25, 0.3) is 0 Å². The molecule has 1 heterocycles. The van der Waals surface area contributed by atoms with Gasteiger partial charge >= 0.3 is 0 Å². The van der Waals surface area contributed by atoms with Crippen molar-refractivity contribution >= 4 is 29.1 Å². The Hall–Kier alpha value is -0.840. The van der Waals surface area contributed by atoms with Crippen molar-refractivity contribution in [3.8, 4) is 0 Å². The first kappa shape index (κ1) is 18.2. The van der Waals surface area contributed by atoms with E-state index >= 15 is 0 Å². The molecule has 1 atom stereocenters. The third-order valence-electron chi connectivity index (χ3n) is 3.79. The number of nitrogens with one attached hydrogen (secondary N) is 1. The average molecular weight is 332 g/mol. The Morgan fingerprint density at radius 2 is 1.90 bits per heavy atom. The fourth-order valence-corrected chi connectivity index (χ4v) is 2.91. The molecular weight excluding hydrogens is 309 g/mol. The van der Waals surface area contributed by atoms with Crippen molar-refractivity contribution < 1.29 is 4.79 Å². The standard InChI is InChI=1S/C15H23Cl2N3O/c1-5-10(6-2)12(20(3)4)9-18-15(21)11-7-8-13(16)19-14(11)17/h7-8,10,12H,5-6,9H2,1-4H3,(H,18,21). The first-order valence-electron chi connectivity index (χ1n) is 7.17. The highest BCUT2D eigenvalue weighted by atomic mass is 35.5. The van der Waals surface area contributed by atoms with Crippen molar-refractivity contribution in [2.45, 2.75) is 32.7 Å². The molecule has 0 saturated carbocycles. The number of aromatic nitrogens is 1. The summed E-state index contributed by atoms with van der Waals surface area (Å²) < 4.78 is 0. The second-order valence-corrected chi connectivity index (χ2v) is 6.04. The fourth-order valence-electron chi connectivity index (χ4n) is 2.48. The van der Waals surface area contributed by atoms with Crippen molar-refractivity contribution in [1.82, 2.24) is 15.2 Å². The van der Waals surface area contributed by atoms with E-state index in [9.17, 15) is 4.79 Å². The molecule has 1 aromatic rings. The lowest BCUT2D eigenvalue weighted by Gasteiger charge is -2.31. The van der Waals surface area contributed by atoms with Gasteiger partial charge in [-0.15, -0.1) is 0 Å². The fraction of sp³-hybridized carbons (Fsp3) is 0.600. The van der Waals surface area contributed by atoms with Gasteiger partial charge in [0.15, 0.2) is 0 Å². The molecule has 118 valence electrons. The Morgan fingerprint density at radius 1 is 1.29 bits per heavy atom. The van der Waals surface area contributed by atoms with Gasteiger partial charge in [0, 0.05) is 12.6 Å². The molecule has 1 N–H and O–H groups in total. The number of carbonyl (C=O) groups excluding carboxylic acids is 1. The molecule has 1 rings (SSSR count). The van der Waals surface area contributed by atoms with Crippen LogP contribution in [0, 0.1) is 5.92 Å². The Bertz CT molecular complexity index is 476. The van der Waals surface area contributed by atoms with Crippen LogP contribution in [-0.4, -0.2) is 42.5 Å². The summed E-state index contributed by atoms with van der Waals surface area (Å²) in [5.41, 5.74) is 0.350. The smallest absolute Gasteiger partial charge is 0.254 e. The molecule has 1 unspecified atom stereocenters. The van der Waals surface area contributed by atoms with Crippen LogP contribution in [0.15, 0.2) is 12.1 Å². The summed E-state index contributed by atoms with van der Waals surface area (Å²) >= 11 is 11.7. The van der Waals surface area contributed by atoms with Crippen molar-refractivity contribution in [1.29, 1.82) is 0 Å². The molecule has 0 saturated heterocycles. The van der Waals surface area contributed by atoms with Crippen LogP contribution in [0.1, 0.15) is 37.0 Å². The van der Waals surface area contributed by atoms with Crippen molar-refractivity contribution in [3.05, 3.63) is 28.0 Å². The van der Waals surface area contributed by atoms with Gasteiger partial charge in [-0.1, -0.05) is 49.9 Å². The van der Waals surface area contributed by atoms with E-state index in [0.29, 0.717) is 24.1 Å². The molecular formula is C15H23Cl2N3O. The van der Waals surface area contributed by atoms with Gasteiger partial charge < -0.3 is 10.2 Å². The molecule has 0 aliphatic rings. The highest BCUT2D eigenvalue weighted by molar-refractivity contribution is 6.34. The summed E-state index contributed by atoms with van der Waals surface area (Å²) in [4.78, 5) is 18.2. The Kier molecular flexibility index (Phi) is 7.43. The lowest BCUT2D eigenvalue weighted by Crippen LogP contribution is -2.44. The van der Waals surface area contributed by atoms with Crippen LogP contribution in [0.2, 0.25) is 10.3 Å². The highest BCUT2D eigenvalue weighted by Gasteiger charge is 2.22. The molecule has 0 fully saturated rings. The number of pyridine rings is 1. The minimum Gasteiger partial charge on any atom is -0.350 e. The number of nitrogens with zero attached hydrogens (tertiary/aromatic N) is 2. The summed E-state index contributed by atoms with van der Waals surface area (Å²) in [6, 6.07) is 3.45. The zero-order valence-electron chi connectivity index (χ0n) is 13.0. The van der Waals surface area contributed by atoms with Crippen LogP contribution < -0.4 is 5.32 Å². The lowest BCUT2D eigenvalue weighted by atomic mass is 9.93. The van der Waals surface area contributed by atoms with E-state index in [1.54, 1.807) is 12.1 Å². The van der Waals surface area contributed by atoms with Crippen molar-refractivity contribution in [2.24, 2.45) is 5.92 Å². The average Bonchev–Trinajstić information content (AvgIpc) is 2.42. The summed E-state index contributed by atoms with van der Waals surface area (Å²) in [5.74, 6) is 0.320. The summed E-state index contributed by atoms with van der Waals surface area (Å²) in [7, 11) is 4.07. The van der Waals surface area contributed by atoms with Crippen molar-refractivity contribution in [3.63, 3.8) is 0 Å². The quantitative estimate of drug-likeness (QED) is 0.778. The van der Waals surface area contributed by atoms with Gasteiger partial charge in [0.25, 0.3) is 5.91 Å². The van der Waals surface area contributed by atoms with Crippen LogP contribution in [-0.2, 0) is 0 Å². The molecule has 0 aromatic carbocycles. The van der Waals surface area contributed by atoms with E-state index in [1.165, 1.54) is 0 Å². The number of carbonyl (C=O) groups is 1. The van der Waals surface area contributed by atoms with Gasteiger partial charge in [0.05, 0.1) is 5.56 Å². The van der Waals surface area contributed by atoms with Gasteiger partial charge in [-0.2, -0.15) is 0 Å². The Labute approximate surface area is 136 Å². The van der Waals surface area contributed by atoms with Crippen LogP contribution >= 0.6 is 23.2 Å². The molecule has 0 aliphatic carbocycles. The minimum atomic E-state index is -0.220. The van der Waals surface area contributed by atoms with Gasteiger partial charge in [0.1, 0.15) is 10.3 Å². The highest BCUT2D eigenvalue weighted by Crippen LogP contribution is 2.18. The van der Waals surface area contributed by atoms with Crippen LogP contribution in [0.3, 0.4) is 0 Å². The first-order valence-corrected chi connectivity index (χ1v) is 7.92. The Balaban J connectivity index is 2.73. The molecule has 6 heteroatoms. The number of hydrogen-bond acceptors (Lipinski definition) is 3. The number of hydrogen-bond donors (Lipinski definition) is 1. The number of amides is 1. The number of likely N-dealkylation sites (N-methyl/N-ethyl adjacent to an activating group) is 1. The topological polar surface area (TPSA) is 45.2 Å². The van der Waals surface area contributed by atoms with Gasteiger partial charge in [0.2, 0.25) is 0 Å². The lowest BCUT2D eigenvalue weighted by molar-refractivity contribution is 0.0928. The van der Waals surface area contributed by atoms with E-state index in [2.05, 4.69) is 29.0 Å². The van der Waals surface area contributed by atoms with Crippen LogP contribution in [0.4, 0.5) is 0 Å². The number of halogens is 2. The summed E-state index contributed by atoms with van der Waals surface area (Å²) in [6.07, 6.45) is 2.16. The van der Waals surface area contributed by atoms with Crippen LogP contribution in [0.5, 0.6) is 0 Å². The third kappa shape index (κ3) is 5.13. The van der Waals surface area contributed by atoms with E-state index in [4.69, 9.17) is 23.2 Å². The molecule has 21 heavy (non-hydrogen) atoms. The predicted octanol–water partition coefficient (Wildman–Crippen LogP) is 3.48. The predicted molar refractivity (Wildman–Crippen MR) is 88.1 cm³/mol. The third-order valence-corrected chi connectivity index (χ3v) is 4.29. The van der Waals surface area contributed by atoms with E-state index < -0.39 is 0 Å². The van der Waals surface area contributed by atoms with Gasteiger partial charge in [-0.05, 0) is 32.1 Å². The van der Waals surface area contributed by atoms with Gasteiger partial charge in [-0.3, -0.25) is 4.79 Å². The SMILES string of the molecule is CCC(CC)C(CNC(=O)c1ccc(Cl)nc1Cl)N(C)C. The molecule has 0 spiro atoms. The number of rotatable bonds is 7. The second kappa shape index (κ2) is 8.57. The molecule has 4 nitrogen and oxygen atoms in total. The monoisotopic (exact) mass is 331 g/mol. The molecule has 1 aromatic heterocycles. The molecule has 0 bridgehead atoms. The summed E-state index contributed by atoms with van der Waals surface area (Å²) in [6.45, 7) is 4.93. The minimum absolute atomic E-state index is 0.129. The van der Waals surface area contributed by atoms with Gasteiger partial charge in [-0.25, -0.2) is 4.98 Å². The zero-order valence-corrected chi connectivity index (χ0v) is 14.5. The maximum Gasteiger partial charge on any atom is 0.254 e. The first-order chi connectivity index (χ1) is 9.90. The normalized spacial score (nSPS) is 12.8. The Morgan fingerprint density at radius 3 is 2.38 bits per heavy atom. The maximum absolute atomic E-state index is 12.2. The summed E-state index contributed by atoms with van der Waals surface area (Å²) in [5, 5.41) is 3.35. The van der Waals surface area contributed by atoms with E-state index in [-0.39, 0.29) is 16.2 Å². The maximum atomic E-state index is 12.2. The molecule has 0 aliphatic heterocycles. The largest absolute Gasteiger partial charge is 0.350 e. The van der Waals surface area contributed by atoms with E-state index in [0.717, 1.165) is 12.8 Å². The zero-order chi connectivity index (χ0) is 16.0. The van der Waals surface area contributed by atoms with E-state index in [1.807, 2.05) is 14.1 Å². The van der Waals surface area contributed by atoms with Crippen molar-refractivity contribution in [2.75, 3.05) is 20.6 Å². The molecule has 1 amide bonds. The molecule has 0 radical (unpaired) electrons.